The lowest BCUT2D eigenvalue weighted by Crippen LogP contribution is -2.05. The predicted octanol–water partition coefficient (Wildman–Crippen LogP) is 3.91. The maximum absolute atomic E-state index is 12.1. The predicted molar refractivity (Wildman–Crippen MR) is 52.2 cm³/mol. The Morgan fingerprint density at radius 2 is 1.73 bits per heavy atom. The van der Waals surface area contributed by atoms with Crippen molar-refractivity contribution >= 4 is 0 Å². The molecule has 0 radical (unpaired) electrons. The Morgan fingerprint density at radius 3 is 2.07 bits per heavy atom. The zero-order chi connectivity index (χ0) is 12.1. The minimum Gasteiger partial charge on any atom is -0.192 e. The van der Waals surface area contributed by atoms with E-state index in [1.165, 1.54) is 13.0 Å². The Balaban J connectivity index is 0.000000921. The van der Waals surface area contributed by atoms with E-state index < -0.39 is 11.7 Å². The van der Waals surface area contributed by atoms with Crippen LogP contribution in [-0.4, -0.2) is 0 Å². The Kier molecular flexibility index (Phi) is 4.86. The van der Waals surface area contributed by atoms with Gasteiger partial charge in [-0.3, -0.25) is 0 Å². The highest BCUT2D eigenvalue weighted by Crippen LogP contribution is 2.30. The first-order chi connectivity index (χ1) is 6.95. The van der Waals surface area contributed by atoms with Crippen molar-refractivity contribution < 1.29 is 13.2 Å². The molecule has 1 aromatic carbocycles. The van der Waals surface area contributed by atoms with E-state index >= 15 is 0 Å². The van der Waals surface area contributed by atoms with E-state index in [-0.39, 0.29) is 5.56 Å². The second kappa shape index (κ2) is 5.40. The Morgan fingerprint density at radius 1 is 1.20 bits per heavy atom. The number of nitriles is 1. The van der Waals surface area contributed by atoms with Crippen molar-refractivity contribution in [2.45, 2.75) is 26.9 Å². The molecule has 4 heteroatoms. The fourth-order valence-corrected chi connectivity index (χ4v) is 0.965. The highest BCUT2D eigenvalue weighted by molar-refractivity contribution is 5.40. The lowest BCUT2D eigenvalue weighted by Gasteiger charge is -2.07. The molecule has 0 atom stereocenters. The van der Waals surface area contributed by atoms with Crippen molar-refractivity contribution in [3.05, 3.63) is 34.9 Å². The van der Waals surface area contributed by atoms with E-state index in [0.717, 1.165) is 12.1 Å². The van der Waals surface area contributed by atoms with Crippen LogP contribution < -0.4 is 0 Å². The van der Waals surface area contributed by atoms with Crippen LogP contribution in [0.5, 0.6) is 0 Å². The summed E-state index contributed by atoms with van der Waals surface area (Å²) in [5, 5.41) is 8.48. The smallest absolute Gasteiger partial charge is 0.192 e. The van der Waals surface area contributed by atoms with Gasteiger partial charge in [0.15, 0.2) is 0 Å². The first-order valence-corrected chi connectivity index (χ1v) is 4.53. The SMILES string of the molecule is CC.Cc1cc(C(F)(F)F)ccc1C#N. The largest absolute Gasteiger partial charge is 0.416 e. The topological polar surface area (TPSA) is 23.8 Å². The van der Waals surface area contributed by atoms with E-state index in [0.29, 0.717) is 5.56 Å². The average Bonchev–Trinajstić information content (AvgIpc) is 2.19. The second-order valence-electron chi connectivity index (χ2n) is 2.64. The van der Waals surface area contributed by atoms with Crippen LogP contribution in [0, 0.1) is 18.3 Å². The zero-order valence-electron chi connectivity index (χ0n) is 8.81. The first kappa shape index (κ1) is 13.5. The standard InChI is InChI=1S/C9H6F3N.C2H6/c1-6-4-8(9(10,11)12)3-2-7(6)5-13;1-2/h2-4H,1H3;1-2H3. The first-order valence-electron chi connectivity index (χ1n) is 4.53. The third kappa shape index (κ3) is 3.62. The molecule has 0 aliphatic carbocycles. The summed E-state index contributed by atoms with van der Waals surface area (Å²) >= 11 is 0. The van der Waals surface area contributed by atoms with E-state index in [2.05, 4.69) is 0 Å². The van der Waals surface area contributed by atoms with Gasteiger partial charge in [-0.15, -0.1) is 0 Å². The maximum Gasteiger partial charge on any atom is 0.416 e. The van der Waals surface area contributed by atoms with Crippen molar-refractivity contribution in [1.29, 1.82) is 5.26 Å². The van der Waals surface area contributed by atoms with E-state index in [4.69, 9.17) is 5.26 Å². The van der Waals surface area contributed by atoms with Gasteiger partial charge in [-0.25, -0.2) is 0 Å². The van der Waals surface area contributed by atoms with Crippen molar-refractivity contribution in [1.82, 2.24) is 0 Å². The minimum atomic E-state index is -4.33. The Labute approximate surface area is 87.2 Å². The van der Waals surface area contributed by atoms with Crippen molar-refractivity contribution in [3.63, 3.8) is 0 Å². The van der Waals surface area contributed by atoms with Crippen LogP contribution in [0.2, 0.25) is 0 Å². The van der Waals surface area contributed by atoms with Gasteiger partial charge in [0.05, 0.1) is 17.2 Å². The molecule has 82 valence electrons. The van der Waals surface area contributed by atoms with Gasteiger partial charge in [-0.05, 0) is 30.7 Å². The van der Waals surface area contributed by atoms with Crippen LogP contribution in [0.1, 0.15) is 30.5 Å². The van der Waals surface area contributed by atoms with Gasteiger partial charge in [0.1, 0.15) is 0 Å². The van der Waals surface area contributed by atoms with Crippen LogP contribution in [0.25, 0.3) is 0 Å². The molecule has 1 rings (SSSR count). The molecule has 0 saturated carbocycles. The van der Waals surface area contributed by atoms with E-state index in [1.807, 2.05) is 13.8 Å². The molecule has 0 aromatic heterocycles. The average molecular weight is 215 g/mol. The quantitative estimate of drug-likeness (QED) is 0.643. The van der Waals surface area contributed by atoms with Gasteiger partial charge in [-0.2, -0.15) is 18.4 Å². The van der Waals surface area contributed by atoms with Crippen molar-refractivity contribution in [3.8, 4) is 6.07 Å². The molecule has 0 amide bonds. The van der Waals surface area contributed by atoms with Gasteiger partial charge in [0, 0.05) is 0 Å². The van der Waals surface area contributed by atoms with Crippen molar-refractivity contribution in [2.24, 2.45) is 0 Å². The van der Waals surface area contributed by atoms with E-state index in [9.17, 15) is 13.2 Å². The third-order valence-electron chi connectivity index (χ3n) is 1.67. The normalized spacial score (nSPS) is 9.93. The minimum absolute atomic E-state index is 0.271. The molecule has 0 heterocycles. The summed E-state index contributed by atoms with van der Waals surface area (Å²) in [5.74, 6) is 0. The fourth-order valence-electron chi connectivity index (χ4n) is 0.965. The summed E-state index contributed by atoms with van der Waals surface area (Å²) in [7, 11) is 0. The van der Waals surface area contributed by atoms with Gasteiger partial charge in [-0.1, -0.05) is 13.8 Å². The number of benzene rings is 1. The monoisotopic (exact) mass is 215 g/mol. The molecule has 0 N–H and O–H groups in total. The summed E-state index contributed by atoms with van der Waals surface area (Å²) in [5.41, 5.74) is -0.102. The number of hydrogen-bond donors (Lipinski definition) is 0. The highest BCUT2D eigenvalue weighted by Gasteiger charge is 2.30. The second-order valence-corrected chi connectivity index (χ2v) is 2.64. The molecule has 0 fully saturated rings. The molecule has 15 heavy (non-hydrogen) atoms. The number of hydrogen-bond acceptors (Lipinski definition) is 1. The third-order valence-corrected chi connectivity index (χ3v) is 1.67. The molecule has 0 aliphatic rings. The molecule has 0 saturated heterocycles. The van der Waals surface area contributed by atoms with Gasteiger partial charge in [0.25, 0.3) is 0 Å². The molecule has 0 unspecified atom stereocenters. The summed E-state index contributed by atoms with van der Waals surface area (Å²) in [6.45, 7) is 5.48. The van der Waals surface area contributed by atoms with Crippen LogP contribution in [0.4, 0.5) is 13.2 Å². The van der Waals surface area contributed by atoms with E-state index in [1.54, 1.807) is 6.07 Å². The maximum atomic E-state index is 12.1. The summed E-state index contributed by atoms with van der Waals surface area (Å²) < 4.78 is 36.4. The van der Waals surface area contributed by atoms with Gasteiger partial charge < -0.3 is 0 Å². The number of alkyl halides is 3. The zero-order valence-corrected chi connectivity index (χ0v) is 8.81. The molecule has 0 aliphatic heterocycles. The van der Waals surface area contributed by atoms with Gasteiger partial charge in [0.2, 0.25) is 0 Å². The van der Waals surface area contributed by atoms with Crippen LogP contribution in [0.3, 0.4) is 0 Å². The van der Waals surface area contributed by atoms with Crippen LogP contribution in [-0.2, 0) is 6.18 Å². The number of nitrogens with zero attached hydrogens (tertiary/aromatic N) is 1. The lowest BCUT2D eigenvalue weighted by atomic mass is 10.1. The summed E-state index contributed by atoms with van der Waals surface area (Å²) in [4.78, 5) is 0. The van der Waals surface area contributed by atoms with Gasteiger partial charge >= 0.3 is 6.18 Å². The number of halogens is 3. The number of aryl methyl sites for hydroxylation is 1. The summed E-state index contributed by atoms with van der Waals surface area (Å²) in [6.07, 6.45) is -4.33. The number of rotatable bonds is 0. The molecule has 1 nitrogen and oxygen atoms in total. The molecule has 0 spiro atoms. The highest BCUT2D eigenvalue weighted by atomic mass is 19.4. The Hall–Kier alpha value is -1.50. The summed E-state index contributed by atoms with van der Waals surface area (Å²) in [6, 6.07) is 4.86. The molecule has 1 aromatic rings. The molecule has 0 bridgehead atoms. The fraction of sp³-hybridized carbons (Fsp3) is 0.364. The molecular formula is C11H12F3N. The van der Waals surface area contributed by atoms with Crippen LogP contribution >= 0.6 is 0 Å². The van der Waals surface area contributed by atoms with Crippen molar-refractivity contribution in [2.75, 3.05) is 0 Å². The van der Waals surface area contributed by atoms with Crippen LogP contribution in [0.15, 0.2) is 18.2 Å². The lowest BCUT2D eigenvalue weighted by molar-refractivity contribution is -0.137. The molecular weight excluding hydrogens is 203 g/mol. The Bertz CT molecular complexity index is 361.